The van der Waals surface area contributed by atoms with Gasteiger partial charge in [0, 0.05) is 57.6 Å². The van der Waals surface area contributed by atoms with Crippen LogP contribution in [-0.2, 0) is 6.54 Å². The Bertz CT molecular complexity index is 1020. The fourth-order valence-electron chi connectivity index (χ4n) is 4.64. The maximum absolute atomic E-state index is 5.03. The molecule has 1 N–H and O–H groups in total. The van der Waals surface area contributed by atoms with Crippen LogP contribution < -0.4 is 15.1 Å². The molecule has 33 heavy (non-hydrogen) atoms. The largest absolute Gasteiger partial charge is 0.356 e. The lowest BCUT2D eigenvalue weighted by atomic mass is 10.1. The van der Waals surface area contributed by atoms with Crippen molar-refractivity contribution < 1.29 is 0 Å². The minimum absolute atomic E-state index is 0.840. The van der Waals surface area contributed by atoms with Gasteiger partial charge in [-0.3, -0.25) is 4.90 Å². The van der Waals surface area contributed by atoms with Gasteiger partial charge in [0.25, 0.3) is 0 Å². The van der Waals surface area contributed by atoms with E-state index in [1.165, 1.54) is 30.4 Å². The van der Waals surface area contributed by atoms with Crippen molar-refractivity contribution in [1.82, 2.24) is 14.9 Å². The summed E-state index contributed by atoms with van der Waals surface area (Å²) in [5.41, 5.74) is 3.69. The van der Waals surface area contributed by atoms with Crippen LogP contribution >= 0.6 is 0 Å². The Hall–Kier alpha value is -3.12. The van der Waals surface area contributed by atoms with E-state index in [1.54, 1.807) is 0 Å². The first kappa shape index (κ1) is 21.7. The summed E-state index contributed by atoms with van der Waals surface area (Å²) in [6.07, 6.45) is 3.78. The molecule has 0 bridgehead atoms. The molecule has 1 aromatic heterocycles. The van der Waals surface area contributed by atoms with E-state index >= 15 is 0 Å². The van der Waals surface area contributed by atoms with Crippen LogP contribution in [0.25, 0.3) is 0 Å². The summed E-state index contributed by atoms with van der Waals surface area (Å²) in [7, 11) is 0. The van der Waals surface area contributed by atoms with Crippen LogP contribution in [0.4, 0.5) is 23.3 Å². The summed E-state index contributed by atoms with van der Waals surface area (Å²) < 4.78 is 0. The second-order valence-corrected chi connectivity index (χ2v) is 9.20. The molecular formula is C27H34N6. The normalized spacial score (nSPS) is 17.2. The molecule has 2 aliphatic rings. The maximum Gasteiger partial charge on any atom is 0.229 e. The van der Waals surface area contributed by atoms with Gasteiger partial charge in [-0.15, -0.1) is 0 Å². The fourth-order valence-corrected chi connectivity index (χ4v) is 4.64. The second-order valence-electron chi connectivity index (χ2n) is 9.20. The predicted octanol–water partition coefficient (Wildman–Crippen LogP) is 4.84. The Morgan fingerprint density at radius 1 is 0.758 bits per heavy atom. The smallest absolute Gasteiger partial charge is 0.229 e. The number of hydrogen-bond donors (Lipinski definition) is 1. The number of aromatic nitrogens is 2. The van der Waals surface area contributed by atoms with Crippen LogP contribution in [0.3, 0.4) is 0 Å². The van der Waals surface area contributed by atoms with Crippen molar-refractivity contribution in [2.45, 2.75) is 32.7 Å². The van der Waals surface area contributed by atoms with Crippen LogP contribution in [0.5, 0.6) is 0 Å². The van der Waals surface area contributed by atoms with Gasteiger partial charge in [-0.25, -0.2) is 0 Å². The third-order valence-corrected chi connectivity index (χ3v) is 6.61. The lowest BCUT2D eigenvalue weighted by Crippen LogP contribution is -2.46. The van der Waals surface area contributed by atoms with E-state index in [0.29, 0.717) is 0 Å². The highest BCUT2D eigenvalue weighted by Gasteiger charge is 2.22. The highest BCUT2D eigenvalue weighted by molar-refractivity contribution is 5.62. The van der Waals surface area contributed by atoms with Gasteiger partial charge in [0.1, 0.15) is 11.6 Å². The SMILES string of the molecule is Cc1ccc(Nc2cc(N3CCCCC3)nc(N3CCN(Cc4ccccc4)CC3)n2)cc1. The van der Waals surface area contributed by atoms with Gasteiger partial charge in [0.05, 0.1) is 0 Å². The molecule has 5 rings (SSSR count). The summed E-state index contributed by atoms with van der Waals surface area (Å²) >= 11 is 0. The molecule has 2 aromatic carbocycles. The van der Waals surface area contributed by atoms with Crippen molar-refractivity contribution in [3.05, 3.63) is 71.8 Å². The lowest BCUT2D eigenvalue weighted by molar-refractivity contribution is 0.248. The number of piperazine rings is 1. The Morgan fingerprint density at radius 2 is 1.48 bits per heavy atom. The molecule has 0 aliphatic carbocycles. The van der Waals surface area contributed by atoms with E-state index in [9.17, 15) is 0 Å². The van der Waals surface area contributed by atoms with Crippen LogP contribution in [0.15, 0.2) is 60.7 Å². The zero-order valence-electron chi connectivity index (χ0n) is 19.6. The van der Waals surface area contributed by atoms with E-state index in [-0.39, 0.29) is 0 Å². The molecule has 3 heterocycles. The minimum Gasteiger partial charge on any atom is -0.356 e. The van der Waals surface area contributed by atoms with E-state index in [4.69, 9.17) is 9.97 Å². The highest BCUT2D eigenvalue weighted by Crippen LogP contribution is 2.26. The molecule has 2 saturated heterocycles. The van der Waals surface area contributed by atoms with Gasteiger partial charge in [0.15, 0.2) is 0 Å². The summed E-state index contributed by atoms with van der Waals surface area (Å²) in [6, 6.07) is 21.3. The fraction of sp³-hybridized carbons (Fsp3) is 0.407. The molecule has 0 amide bonds. The van der Waals surface area contributed by atoms with Gasteiger partial charge in [-0.2, -0.15) is 9.97 Å². The summed E-state index contributed by atoms with van der Waals surface area (Å²) in [4.78, 5) is 17.2. The first-order valence-electron chi connectivity index (χ1n) is 12.2. The first-order valence-corrected chi connectivity index (χ1v) is 12.2. The zero-order valence-corrected chi connectivity index (χ0v) is 19.6. The molecule has 2 aliphatic heterocycles. The summed E-state index contributed by atoms with van der Waals surface area (Å²) in [6.45, 7) is 9.19. The van der Waals surface area contributed by atoms with Crippen LogP contribution in [0.1, 0.15) is 30.4 Å². The predicted molar refractivity (Wildman–Crippen MR) is 136 cm³/mol. The average Bonchev–Trinajstić information content (AvgIpc) is 2.87. The summed E-state index contributed by atoms with van der Waals surface area (Å²) in [5, 5.41) is 3.52. The van der Waals surface area contributed by atoms with Gasteiger partial charge < -0.3 is 15.1 Å². The van der Waals surface area contributed by atoms with Crippen LogP contribution in [-0.4, -0.2) is 54.1 Å². The number of nitrogens with zero attached hydrogens (tertiary/aromatic N) is 5. The molecule has 0 radical (unpaired) electrons. The molecule has 6 nitrogen and oxygen atoms in total. The van der Waals surface area contributed by atoms with Crippen molar-refractivity contribution >= 4 is 23.3 Å². The number of aryl methyl sites for hydroxylation is 1. The molecule has 0 atom stereocenters. The molecular weight excluding hydrogens is 408 g/mol. The number of hydrogen-bond acceptors (Lipinski definition) is 6. The van der Waals surface area contributed by atoms with Crippen molar-refractivity contribution in [3.8, 4) is 0 Å². The maximum atomic E-state index is 5.03. The van der Waals surface area contributed by atoms with Gasteiger partial charge in [-0.05, 0) is 43.9 Å². The minimum atomic E-state index is 0.840. The van der Waals surface area contributed by atoms with Crippen molar-refractivity contribution in [1.29, 1.82) is 0 Å². The van der Waals surface area contributed by atoms with Crippen LogP contribution in [0.2, 0.25) is 0 Å². The first-order chi connectivity index (χ1) is 16.2. The van der Waals surface area contributed by atoms with Crippen molar-refractivity contribution in [2.75, 3.05) is 54.4 Å². The Kier molecular flexibility index (Phi) is 6.72. The highest BCUT2D eigenvalue weighted by atomic mass is 15.3. The third kappa shape index (κ3) is 5.63. The van der Waals surface area contributed by atoms with E-state index < -0.39 is 0 Å². The van der Waals surface area contributed by atoms with E-state index in [0.717, 1.165) is 69.1 Å². The molecule has 172 valence electrons. The number of rotatable bonds is 6. The number of piperidine rings is 1. The van der Waals surface area contributed by atoms with E-state index in [2.05, 4.69) is 87.6 Å². The Labute approximate surface area is 197 Å². The molecule has 3 aromatic rings. The topological polar surface area (TPSA) is 47.5 Å². The number of anilines is 4. The molecule has 2 fully saturated rings. The quantitative estimate of drug-likeness (QED) is 0.589. The molecule has 6 heteroatoms. The second kappa shape index (κ2) is 10.2. The van der Waals surface area contributed by atoms with Crippen LogP contribution in [0, 0.1) is 6.92 Å². The Balaban J connectivity index is 1.32. The molecule has 0 saturated carbocycles. The zero-order chi connectivity index (χ0) is 22.5. The average molecular weight is 443 g/mol. The third-order valence-electron chi connectivity index (χ3n) is 6.61. The lowest BCUT2D eigenvalue weighted by Gasteiger charge is -2.35. The van der Waals surface area contributed by atoms with Crippen molar-refractivity contribution in [2.24, 2.45) is 0 Å². The van der Waals surface area contributed by atoms with Crippen molar-refractivity contribution in [3.63, 3.8) is 0 Å². The Morgan fingerprint density at radius 3 is 2.21 bits per heavy atom. The van der Waals surface area contributed by atoms with E-state index in [1.807, 2.05) is 0 Å². The standard InChI is InChI=1S/C27H34N6/c1-22-10-12-24(13-11-22)28-25-20-26(32-14-6-3-7-15-32)30-27(29-25)33-18-16-31(17-19-33)21-23-8-4-2-5-9-23/h2,4-5,8-13,20H,3,6-7,14-19,21H2,1H3,(H,28,29,30). The molecule has 0 unspecified atom stereocenters. The van der Waals surface area contributed by atoms with Gasteiger partial charge in [-0.1, -0.05) is 48.0 Å². The molecule has 0 spiro atoms. The summed E-state index contributed by atoms with van der Waals surface area (Å²) in [5.74, 6) is 2.75. The monoisotopic (exact) mass is 442 g/mol. The van der Waals surface area contributed by atoms with Gasteiger partial charge in [0.2, 0.25) is 5.95 Å². The number of benzene rings is 2. The van der Waals surface area contributed by atoms with Gasteiger partial charge >= 0.3 is 0 Å². The number of nitrogens with one attached hydrogen (secondary N) is 1.